The van der Waals surface area contributed by atoms with Gasteiger partial charge in [0.25, 0.3) is 0 Å². The SMILES string of the molecule is C=C(C)CN(C)CC1CC2CCCCC2N1. The van der Waals surface area contributed by atoms with Crippen LogP contribution in [-0.2, 0) is 0 Å². The summed E-state index contributed by atoms with van der Waals surface area (Å²) in [4.78, 5) is 2.40. The zero-order valence-corrected chi connectivity index (χ0v) is 10.8. The number of fused-ring (bicyclic) bond motifs is 1. The fourth-order valence-electron chi connectivity index (χ4n) is 3.47. The molecule has 0 spiro atoms. The fraction of sp³-hybridized carbons (Fsp3) is 0.857. The summed E-state index contributed by atoms with van der Waals surface area (Å²) < 4.78 is 0. The molecule has 1 saturated heterocycles. The molecule has 3 unspecified atom stereocenters. The molecule has 16 heavy (non-hydrogen) atoms. The molecule has 0 aromatic heterocycles. The average molecular weight is 222 g/mol. The van der Waals surface area contributed by atoms with Gasteiger partial charge in [-0.3, -0.25) is 0 Å². The van der Waals surface area contributed by atoms with Crippen molar-refractivity contribution in [2.75, 3.05) is 20.1 Å². The van der Waals surface area contributed by atoms with Crippen LogP contribution in [0.15, 0.2) is 12.2 Å². The fourth-order valence-corrected chi connectivity index (χ4v) is 3.47. The van der Waals surface area contributed by atoms with E-state index in [1.807, 2.05) is 0 Å². The van der Waals surface area contributed by atoms with E-state index in [0.29, 0.717) is 0 Å². The smallest absolute Gasteiger partial charge is 0.0200 e. The Hall–Kier alpha value is -0.340. The Morgan fingerprint density at radius 2 is 2.12 bits per heavy atom. The molecule has 1 aliphatic heterocycles. The lowest BCUT2D eigenvalue weighted by Gasteiger charge is -2.24. The molecule has 3 atom stereocenters. The second-order valence-corrected chi connectivity index (χ2v) is 5.90. The minimum Gasteiger partial charge on any atom is -0.310 e. The van der Waals surface area contributed by atoms with Crippen LogP contribution in [0.5, 0.6) is 0 Å². The first-order valence-electron chi connectivity index (χ1n) is 6.74. The van der Waals surface area contributed by atoms with Crippen molar-refractivity contribution in [3.8, 4) is 0 Å². The topological polar surface area (TPSA) is 15.3 Å². The predicted molar refractivity (Wildman–Crippen MR) is 69.6 cm³/mol. The van der Waals surface area contributed by atoms with Crippen LogP contribution in [0.3, 0.4) is 0 Å². The molecule has 92 valence electrons. The lowest BCUT2D eigenvalue weighted by atomic mass is 9.85. The molecule has 1 N–H and O–H groups in total. The van der Waals surface area contributed by atoms with Gasteiger partial charge in [0, 0.05) is 25.2 Å². The molecule has 0 bridgehead atoms. The van der Waals surface area contributed by atoms with E-state index < -0.39 is 0 Å². The van der Waals surface area contributed by atoms with Gasteiger partial charge in [0.05, 0.1) is 0 Å². The largest absolute Gasteiger partial charge is 0.310 e. The highest BCUT2D eigenvalue weighted by Crippen LogP contribution is 2.33. The highest BCUT2D eigenvalue weighted by molar-refractivity contribution is 4.96. The van der Waals surface area contributed by atoms with Crippen LogP contribution in [0, 0.1) is 5.92 Å². The van der Waals surface area contributed by atoms with Crippen LogP contribution in [0.4, 0.5) is 0 Å². The van der Waals surface area contributed by atoms with Gasteiger partial charge in [-0.1, -0.05) is 25.0 Å². The molecule has 0 amide bonds. The second-order valence-electron chi connectivity index (χ2n) is 5.90. The minimum atomic E-state index is 0.720. The third kappa shape index (κ3) is 3.08. The first kappa shape index (κ1) is 12.1. The Kier molecular flexibility index (Phi) is 4.04. The van der Waals surface area contributed by atoms with Gasteiger partial charge >= 0.3 is 0 Å². The van der Waals surface area contributed by atoms with Crippen LogP contribution in [0.25, 0.3) is 0 Å². The van der Waals surface area contributed by atoms with Gasteiger partial charge in [-0.15, -0.1) is 0 Å². The zero-order chi connectivity index (χ0) is 11.5. The summed E-state index contributed by atoms with van der Waals surface area (Å²) in [6, 6.07) is 1.55. The maximum Gasteiger partial charge on any atom is 0.0200 e. The van der Waals surface area contributed by atoms with Gasteiger partial charge in [0.2, 0.25) is 0 Å². The molecule has 2 aliphatic rings. The van der Waals surface area contributed by atoms with Gasteiger partial charge in [-0.25, -0.2) is 0 Å². The Morgan fingerprint density at radius 3 is 2.81 bits per heavy atom. The maximum absolute atomic E-state index is 3.98. The van der Waals surface area contributed by atoms with E-state index in [9.17, 15) is 0 Å². The summed E-state index contributed by atoms with van der Waals surface area (Å²) >= 11 is 0. The maximum atomic E-state index is 3.98. The van der Waals surface area contributed by atoms with E-state index in [-0.39, 0.29) is 0 Å². The predicted octanol–water partition coefficient (Wildman–Crippen LogP) is 2.42. The van der Waals surface area contributed by atoms with E-state index in [1.165, 1.54) is 44.2 Å². The molecule has 1 heterocycles. The summed E-state index contributed by atoms with van der Waals surface area (Å²) in [7, 11) is 2.21. The van der Waals surface area contributed by atoms with Gasteiger partial charge < -0.3 is 10.2 Å². The highest BCUT2D eigenvalue weighted by Gasteiger charge is 2.35. The van der Waals surface area contributed by atoms with Crippen LogP contribution < -0.4 is 5.32 Å². The quantitative estimate of drug-likeness (QED) is 0.735. The van der Waals surface area contributed by atoms with E-state index in [0.717, 1.165) is 24.5 Å². The number of hydrogen-bond acceptors (Lipinski definition) is 2. The number of nitrogens with one attached hydrogen (secondary N) is 1. The Morgan fingerprint density at radius 1 is 1.38 bits per heavy atom. The normalized spacial score (nSPS) is 34.1. The van der Waals surface area contributed by atoms with Crippen molar-refractivity contribution in [3.63, 3.8) is 0 Å². The molecule has 1 aliphatic carbocycles. The van der Waals surface area contributed by atoms with Crippen molar-refractivity contribution in [3.05, 3.63) is 12.2 Å². The number of hydrogen-bond donors (Lipinski definition) is 1. The lowest BCUT2D eigenvalue weighted by molar-refractivity contribution is 0.315. The summed E-state index contributed by atoms with van der Waals surface area (Å²) in [6.07, 6.45) is 7.15. The molecule has 1 saturated carbocycles. The van der Waals surface area contributed by atoms with Crippen LogP contribution in [0.1, 0.15) is 39.0 Å². The van der Waals surface area contributed by atoms with E-state index in [1.54, 1.807) is 0 Å². The molecule has 2 heteroatoms. The van der Waals surface area contributed by atoms with Crippen molar-refractivity contribution < 1.29 is 0 Å². The second kappa shape index (κ2) is 5.33. The molecule has 2 nitrogen and oxygen atoms in total. The van der Waals surface area contributed by atoms with Gasteiger partial charge in [0.15, 0.2) is 0 Å². The molecular weight excluding hydrogens is 196 g/mol. The van der Waals surface area contributed by atoms with E-state index in [4.69, 9.17) is 0 Å². The molecule has 2 rings (SSSR count). The first-order valence-corrected chi connectivity index (χ1v) is 6.74. The van der Waals surface area contributed by atoms with Crippen molar-refractivity contribution in [2.24, 2.45) is 5.92 Å². The van der Waals surface area contributed by atoms with Crippen molar-refractivity contribution >= 4 is 0 Å². The van der Waals surface area contributed by atoms with Crippen molar-refractivity contribution in [1.29, 1.82) is 0 Å². The molecule has 0 radical (unpaired) electrons. The number of likely N-dealkylation sites (N-methyl/N-ethyl adjacent to an activating group) is 1. The molecule has 2 fully saturated rings. The Bertz CT molecular complexity index is 235. The number of rotatable bonds is 4. The average Bonchev–Trinajstić information content (AvgIpc) is 2.57. The third-order valence-electron chi connectivity index (χ3n) is 4.02. The van der Waals surface area contributed by atoms with Crippen molar-refractivity contribution in [1.82, 2.24) is 10.2 Å². The third-order valence-corrected chi connectivity index (χ3v) is 4.02. The summed E-state index contributed by atoms with van der Waals surface area (Å²) in [5.41, 5.74) is 1.26. The summed E-state index contributed by atoms with van der Waals surface area (Å²) in [5, 5.41) is 3.83. The van der Waals surface area contributed by atoms with Gasteiger partial charge in [-0.2, -0.15) is 0 Å². The number of nitrogens with zero attached hydrogens (tertiary/aromatic N) is 1. The minimum absolute atomic E-state index is 0.720. The van der Waals surface area contributed by atoms with Gasteiger partial charge in [-0.05, 0) is 39.2 Å². The van der Waals surface area contributed by atoms with Crippen LogP contribution in [-0.4, -0.2) is 37.1 Å². The van der Waals surface area contributed by atoms with E-state index in [2.05, 4.69) is 30.8 Å². The van der Waals surface area contributed by atoms with E-state index >= 15 is 0 Å². The first-order chi connectivity index (χ1) is 7.65. The lowest BCUT2D eigenvalue weighted by Crippen LogP contribution is -2.39. The molecular formula is C14H26N2. The standard InChI is InChI=1S/C14H26N2/c1-11(2)9-16(3)10-13-8-12-6-4-5-7-14(12)15-13/h12-15H,1,4-10H2,2-3H3. The highest BCUT2D eigenvalue weighted by atomic mass is 15.1. The van der Waals surface area contributed by atoms with Gasteiger partial charge in [0.1, 0.15) is 0 Å². The molecule has 0 aromatic rings. The monoisotopic (exact) mass is 222 g/mol. The summed E-state index contributed by atoms with van der Waals surface area (Å²) in [5.74, 6) is 0.969. The Labute approximate surface area is 100 Å². The summed E-state index contributed by atoms with van der Waals surface area (Å²) in [6.45, 7) is 8.30. The zero-order valence-electron chi connectivity index (χ0n) is 10.8. The Balaban J connectivity index is 1.77. The van der Waals surface area contributed by atoms with Crippen molar-refractivity contribution in [2.45, 2.75) is 51.1 Å². The van der Waals surface area contributed by atoms with Crippen LogP contribution in [0.2, 0.25) is 0 Å². The molecule has 0 aromatic carbocycles. The van der Waals surface area contributed by atoms with Crippen LogP contribution >= 0.6 is 0 Å².